The fourth-order valence-electron chi connectivity index (χ4n) is 2.72. The molecule has 146 valence electrons. The Balaban J connectivity index is 1.90. The van der Waals surface area contributed by atoms with Crippen molar-refractivity contribution in [2.24, 2.45) is 0 Å². The van der Waals surface area contributed by atoms with Gasteiger partial charge in [0, 0.05) is 14.2 Å². The van der Waals surface area contributed by atoms with E-state index in [4.69, 9.17) is 32.7 Å². The number of halogens is 3. The number of rotatable bonds is 6. The summed E-state index contributed by atoms with van der Waals surface area (Å²) in [5.74, 6) is 0.951. The van der Waals surface area contributed by atoms with E-state index in [1.807, 2.05) is 36.4 Å². The van der Waals surface area contributed by atoms with Crippen LogP contribution in [0.4, 0.5) is 0 Å². The predicted molar refractivity (Wildman–Crippen MR) is 126 cm³/mol. The molecule has 0 aliphatic heterocycles. The molecule has 0 amide bonds. The minimum atomic E-state index is 0.366. The van der Waals surface area contributed by atoms with Crippen molar-refractivity contribution in [3.63, 3.8) is 0 Å². The van der Waals surface area contributed by atoms with E-state index in [0.717, 1.165) is 9.13 Å². The largest absolute Gasteiger partial charge is 0.493 e. The molecule has 3 rings (SSSR count). The highest BCUT2D eigenvalue weighted by atomic mass is 127. The third-order valence-corrected chi connectivity index (χ3v) is 5.47. The highest BCUT2D eigenvalue weighted by Crippen LogP contribution is 2.38. The van der Waals surface area contributed by atoms with E-state index >= 15 is 0 Å². The van der Waals surface area contributed by atoms with Gasteiger partial charge in [0.1, 0.15) is 6.61 Å². The van der Waals surface area contributed by atoms with Crippen molar-refractivity contribution < 1.29 is 9.47 Å². The van der Waals surface area contributed by atoms with Crippen LogP contribution in [-0.4, -0.2) is 7.11 Å². The molecule has 0 N–H and O–H groups in total. The van der Waals surface area contributed by atoms with E-state index in [1.54, 1.807) is 37.5 Å². The average molecular weight is 536 g/mol. The summed E-state index contributed by atoms with van der Waals surface area (Å²) in [7, 11) is 1.55. The summed E-state index contributed by atoms with van der Waals surface area (Å²) < 4.78 is 12.5. The molecule has 0 aliphatic carbocycles. The van der Waals surface area contributed by atoms with Crippen LogP contribution in [-0.2, 0) is 6.61 Å². The first-order chi connectivity index (χ1) is 14.0. The number of ether oxygens (including phenoxy) is 2. The second kappa shape index (κ2) is 10.0. The number of benzene rings is 3. The SMILES string of the molecule is COc1cc(C=C(C#N)c2ccccc2Cl)cc(Cl)c1OCc1ccc(I)cc1. The van der Waals surface area contributed by atoms with Crippen molar-refractivity contribution in [1.29, 1.82) is 5.26 Å². The molecule has 0 radical (unpaired) electrons. The molecule has 0 saturated carbocycles. The highest BCUT2D eigenvalue weighted by Gasteiger charge is 2.13. The lowest BCUT2D eigenvalue weighted by atomic mass is 10.0. The van der Waals surface area contributed by atoms with E-state index in [0.29, 0.717) is 44.9 Å². The van der Waals surface area contributed by atoms with Gasteiger partial charge in [0.15, 0.2) is 11.5 Å². The number of methoxy groups -OCH3 is 1. The molecule has 3 aromatic rings. The monoisotopic (exact) mass is 535 g/mol. The zero-order valence-corrected chi connectivity index (χ0v) is 19.1. The van der Waals surface area contributed by atoms with Crippen LogP contribution in [0.5, 0.6) is 11.5 Å². The molecule has 0 spiro atoms. The van der Waals surface area contributed by atoms with Crippen molar-refractivity contribution >= 4 is 57.4 Å². The molecule has 0 bridgehead atoms. The Kier molecular flexibility index (Phi) is 7.43. The number of nitrogens with zero attached hydrogens (tertiary/aromatic N) is 1. The van der Waals surface area contributed by atoms with Crippen LogP contribution in [0.3, 0.4) is 0 Å². The third kappa shape index (κ3) is 5.45. The van der Waals surface area contributed by atoms with Crippen LogP contribution < -0.4 is 9.47 Å². The summed E-state index contributed by atoms with van der Waals surface area (Å²) in [5.41, 5.74) is 2.83. The maximum absolute atomic E-state index is 9.58. The molecular formula is C23H16Cl2INO2. The van der Waals surface area contributed by atoms with E-state index < -0.39 is 0 Å². The fourth-order valence-corrected chi connectivity index (χ4v) is 3.59. The van der Waals surface area contributed by atoms with Crippen molar-refractivity contribution in [3.8, 4) is 17.6 Å². The molecule has 0 heterocycles. The van der Waals surface area contributed by atoms with E-state index in [9.17, 15) is 5.26 Å². The van der Waals surface area contributed by atoms with Gasteiger partial charge in [-0.15, -0.1) is 0 Å². The summed E-state index contributed by atoms with van der Waals surface area (Å²) in [4.78, 5) is 0. The lowest BCUT2D eigenvalue weighted by Gasteiger charge is -2.14. The smallest absolute Gasteiger partial charge is 0.180 e. The van der Waals surface area contributed by atoms with Crippen LogP contribution in [0.1, 0.15) is 16.7 Å². The van der Waals surface area contributed by atoms with Gasteiger partial charge in [-0.05, 0) is 70.1 Å². The molecule has 6 heteroatoms. The maximum atomic E-state index is 9.58. The first kappa shape index (κ1) is 21.5. The van der Waals surface area contributed by atoms with E-state index in [1.165, 1.54) is 0 Å². The molecular weight excluding hydrogens is 520 g/mol. The Hall–Kier alpha value is -2.20. The summed E-state index contributed by atoms with van der Waals surface area (Å²) in [6, 6.07) is 21.0. The van der Waals surface area contributed by atoms with Gasteiger partial charge in [0.2, 0.25) is 0 Å². The Labute approximate surface area is 193 Å². The van der Waals surface area contributed by atoms with Gasteiger partial charge >= 0.3 is 0 Å². The Morgan fingerprint density at radius 3 is 2.45 bits per heavy atom. The van der Waals surface area contributed by atoms with E-state index in [-0.39, 0.29) is 0 Å². The summed E-state index contributed by atoms with van der Waals surface area (Å²) >= 11 is 14.9. The minimum Gasteiger partial charge on any atom is -0.493 e. The average Bonchev–Trinajstić information content (AvgIpc) is 2.72. The molecule has 0 fully saturated rings. The van der Waals surface area contributed by atoms with Gasteiger partial charge in [-0.1, -0.05) is 53.5 Å². The van der Waals surface area contributed by atoms with Gasteiger partial charge in [-0.2, -0.15) is 5.26 Å². The second-order valence-electron chi connectivity index (χ2n) is 6.10. The van der Waals surface area contributed by atoms with Gasteiger partial charge in [-0.25, -0.2) is 0 Å². The molecule has 0 aromatic heterocycles. The number of allylic oxidation sites excluding steroid dienone is 1. The molecule has 3 nitrogen and oxygen atoms in total. The highest BCUT2D eigenvalue weighted by molar-refractivity contribution is 14.1. The zero-order chi connectivity index (χ0) is 20.8. The first-order valence-electron chi connectivity index (χ1n) is 8.63. The van der Waals surface area contributed by atoms with Gasteiger partial charge in [0.05, 0.1) is 23.8 Å². The number of nitriles is 1. The van der Waals surface area contributed by atoms with Crippen LogP contribution in [0, 0.1) is 14.9 Å². The number of hydrogen-bond acceptors (Lipinski definition) is 3. The summed E-state index contributed by atoms with van der Waals surface area (Å²) in [6.07, 6.45) is 1.72. The topological polar surface area (TPSA) is 42.2 Å². The molecule has 3 aromatic carbocycles. The standard InChI is InChI=1S/C23H16Cl2INO2/c1-28-22-12-16(10-17(13-27)19-4-2-3-5-20(19)24)11-21(25)23(22)29-14-15-6-8-18(26)9-7-15/h2-12H,14H2,1H3. The second-order valence-corrected chi connectivity index (χ2v) is 8.16. The molecule has 0 unspecified atom stereocenters. The van der Waals surface area contributed by atoms with Crippen LogP contribution in [0.2, 0.25) is 10.0 Å². The van der Waals surface area contributed by atoms with Crippen molar-refractivity contribution in [3.05, 3.63) is 91.0 Å². The van der Waals surface area contributed by atoms with Crippen molar-refractivity contribution in [2.45, 2.75) is 6.61 Å². The first-order valence-corrected chi connectivity index (χ1v) is 10.5. The Morgan fingerprint density at radius 1 is 1.07 bits per heavy atom. The van der Waals surface area contributed by atoms with Gasteiger partial charge < -0.3 is 9.47 Å². The number of hydrogen-bond donors (Lipinski definition) is 0. The minimum absolute atomic E-state index is 0.366. The maximum Gasteiger partial charge on any atom is 0.180 e. The fraction of sp³-hybridized carbons (Fsp3) is 0.0870. The molecule has 0 saturated heterocycles. The molecule has 0 atom stereocenters. The third-order valence-electron chi connectivity index (χ3n) is 4.14. The molecule has 29 heavy (non-hydrogen) atoms. The van der Waals surface area contributed by atoms with Crippen LogP contribution >= 0.6 is 45.8 Å². The summed E-state index contributed by atoms with van der Waals surface area (Å²) in [6.45, 7) is 0.366. The van der Waals surface area contributed by atoms with Crippen LogP contribution in [0.15, 0.2) is 60.7 Å². The lowest BCUT2D eigenvalue weighted by Crippen LogP contribution is -1.99. The lowest BCUT2D eigenvalue weighted by molar-refractivity contribution is 0.284. The Bertz CT molecular complexity index is 1090. The zero-order valence-electron chi connectivity index (χ0n) is 15.5. The van der Waals surface area contributed by atoms with Gasteiger partial charge in [0.25, 0.3) is 0 Å². The van der Waals surface area contributed by atoms with Gasteiger partial charge in [-0.3, -0.25) is 0 Å². The Morgan fingerprint density at radius 2 is 1.79 bits per heavy atom. The predicted octanol–water partition coefficient (Wildman–Crippen LogP) is 7.25. The summed E-state index contributed by atoms with van der Waals surface area (Å²) in [5, 5.41) is 10.5. The van der Waals surface area contributed by atoms with E-state index in [2.05, 4.69) is 28.7 Å². The molecule has 0 aliphatic rings. The van der Waals surface area contributed by atoms with Crippen molar-refractivity contribution in [1.82, 2.24) is 0 Å². The quantitative estimate of drug-likeness (QED) is 0.190. The van der Waals surface area contributed by atoms with Crippen molar-refractivity contribution in [2.75, 3.05) is 7.11 Å². The van der Waals surface area contributed by atoms with Crippen LogP contribution in [0.25, 0.3) is 11.6 Å². The normalized spacial score (nSPS) is 11.1.